The number of benzene rings is 1. The van der Waals surface area contributed by atoms with Crippen LogP contribution in [0.3, 0.4) is 0 Å². The minimum absolute atomic E-state index is 0.0518. The molecule has 128 valence electrons. The molecule has 1 aromatic carbocycles. The molecule has 1 saturated heterocycles. The molecule has 1 N–H and O–H groups in total. The minimum Gasteiger partial charge on any atom is -0.495 e. The molecule has 8 heteroatoms. The highest BCUT2D eigenvalue weighted by molar-refractivity contribution is 7.91. The van der Waals surface area contributed by atoms with Crippen LogP contribution >= 0.6 is 0 Å². The third-order valence-electron chi connectivity index (χ3n) is 4.11. The second kappa shape index (κ2) is 6.64. The Bertz CT molecular complexity index is 826. The van der Waals surface area contributed by atoms with Gasteiger partial charge in [-0.25, -0.2) is 13.4 Å². The van der Waals surface area contributed by atoms with Gasteiger partial charge >= 0.3 is 0 Å². The van der Waals surface area contributed by atoms with Crippen molar-refractivity contribution in [1.29, 1.82) is 0 Å². The van der Waals surface area contributed by atoms with Gasteiger partial charge < -0.3 is 15.0 Å². The van der Waals surface area contributed by atoms with Gasteiger partial charge in [-0.05, 0) is 24.6 Å². The van der Waals surface area contributed by atoms with Crippen molar-refractivity contribution in [3.63, 3.8) is 0 Å². The molecule has 0 bridgehead atoms. The number of nitrogens with zero attached hydrogens (tertiary/aromatic N) is 3. The van der Waals surface area contributed by atoms with Gasteiger partial charge in [0, 0.05) is 19.3 Å². The third-order valence-corrected chi connectivity index (χ3v) is 5.86. The first kappa shape index (κ1) is 16.5. The zero-order valence-electron chi connectivity index (χ0n) is 13.6. The molecule has 0 amide bonds. The second-order valence-electron chi connectivity index (χ2n) is 5.73. The number of aromatic nitrogens is 2. The zero-order chi connectivity index (χ0) is 17.2. The van der Waals surface area contributed by atoms with E-state index in [0.29, 0.717) is 23.9 Å². The number of para-hydroxylation sites is 2. The molecule has 7 nitrogen and oxygen atoms in total. The van der Waals surface area contributed by atoms with Crippen LogP contribution in [0.1, 0.15) is 6.42 Å². The van der Waals surface area contributed by atoms with E-state index in [2.05, 4.69) is 15.3 Å². The minimum atomic E-state index is -2.93. The molecule has 0 aliphatic carbocycles. The molecule has 0 spiro atoms. The van der Waals surface area contributed by atoms with Crippen molar-refractivity contribution >= 4 is 27.3 Å². The normalized spacial score (nSPS) is 19.0. The van der Waals surface area contributed by atoms with Crippen molar-refractivity contribution in [2.24, 2.45) is 0 Å². The highest BCUT2D eigenvalue weighted by atomic mass is 32.2. The Morgan fingerprint density at radius 2 is 2.08 bits per heavy atom. The van der Waals surface area contributed by atoms with E-state index in [9.17, 15) is 8.42 Å². The quantitative estimate of drug-likeness (QED) is 0.882. The summed E-state index contributed by atoms with van der Waals surface area (Å²) in [5.74, 6) is 2.22. The summed E-state index contributed by atoms with van der Waals surface area (Å²) >= 11 is 0. The fraction of sp³-hybridized carbons (Fsp3) is 0.375. The Hall–Kier alpha value is -2.35. The molecular formula is C16H20N4O3S. The van der Waals surface area contributed by atoms with E-state index < -0.39 is 9.84 Å². The maximum Gasteiger partial charge on any atom is 0.229 e. The van der Waals surface area contributed by atoms with Crippen LogP contribution in [0.4, 0.5) is 17.5 Å². The van der Waals surface area contributed by atoms with Crippen LogP contribution in [0.25, 0.3) is 0 Å². The van der Waals surface area contributed by atoms with Crippen LogP contribution in [0.2, 0.25) is 0 Å². The molecule has 1 fully saturated rings. The SMILES string of the molecule is COc1ccccc1Nc1nccc(N(C)C2CCS(=O)(=O)C2)n1. The lowest BCUT2D eigenvalue weighted by molar-refractivity contribution is 0.417. The molecular weight excluding hydrogens is 328 g/mol. The van der Waals surface area contributed by atoms with Crippen molar-refractivity contribution in [3.8, 4) is 5.75 Å². The molecule has 1 aromatic heterocycles. The molecule has 1 aliphatic rings. The predicted octanol–water partition coefficient (Wildman–Crippen LogP) is 1.85. The van der Waals surface area contributed by atoms with E-state index in [0.717, 1.165) is 5.69 Å². The number of hydrogen-bond donors (Lipinski definition) is 1. The first-order valence-corrected chi connectivity index (χ1v) is 9.47. The van der Waals surface area contributed by atoms with E-state index in [1.807, 2.05) is 36.2 Å². The number of rotatable bonds is 5. The topological polar surface area (TPSA) is 84.4 Å². The van der Waals surface area contributed by atoms with Crippen LogP contribution in [-0.2, 0) is 9.84 Å². The first-order valence-electron chi connectivity index (χ1n) is 7.65. The summed E-state index contributed by atoms with van der Waals surface area (Å²) in [5.41, 5.74) is 0.767. The van der Waals surface area contributed by atoms with Gasteiger partial charge in [0.25, 0.3) is 0 Å². The summed E-state index contributed by atoms with van der Waals surface area (Å²) in [4.78, 5) is 10.6. The van der Waals surface area contributed by atoms with Crippen LogP contribution in [0, 0.1) is 0 Å². The van der Waals surface area contributed by atoms with Crippen molar-refractivity contribution < 1.29 is 13.2 Å². The summed E-state index contributed by atoms with van der Waals surface area (Å²) in [6.07, 6.45) is 2.28. The molecule has 24 heavy (non-hydrogen) atoms. The maximum absolute atomic E-state index is 11.7. The summed E-state index contributed by atoms with van der Waals surface area (Å²) < 4.78 is 28.6. The molecule has 1 unspecified atom stereocenters. The van der Waals surface area contributed by atoms with Gasteiger partial charge in [-0.2, -0.15) is 4.98 Å². The van der Waals surface area contributed by atoms with E-state index in [4.69, 9.17) is 4.74 Å². The van der Waals surface area contributed by atoms with Crippen LogP contribution < -0.4 is 15.0 Å². The number of ether oxygens (including phenoxy) is 1. The van der Waals surface area contributed by atoms with Gasteiger partial charge in [-0.3, -0.25) is 0 Å². The smallest absolute Gasteiger partial charge is 0.229 e. The lowest BCUT2D eigenvalue weighted by atomic mass is 10.2. The maximum atomic E-state index is 11.7. The second-order valence-corrected chi connectivity index (χ2v) is 7.96. The van der Waals surface area contributed by atoms with E-state index in [1.54, 1.807) is 19.4 Å². The Labute approximate surface area is 141 Å². The van der Waals surface area contributed by atoms with E-state index >= 15 is 0 Å². The van der Waals surface area contributed by atoms with E-state index in [1.165, 1.54) is 0 Å². The summed E-state index contributed by atoms with van der Waals surface area (Å²) in [7, 11) is 0.532. The molecule has 0 saturated carbocycles. The monoisotopic (exact) mass is 348 g/mol. The molecule has 3 rings (SSSR count). The number of hydrogen-bond acceptors (Lipinski definition) is 7. The van der Waals surface area contributed by atoms with Crippen LogP contribution in [-0.4, -0.2) is 50.1 Å². The molecule has 1 atom stereocenters. The van der Waals surface area contributed by atoms with Crippen molar-refractivity contribution in [3.05, 3.63) is 36.5 Å². The Morgan fingerprint density at radius 3 is 2.79 bits per heavy atom. The average molecular weight is 348 g/mol. The number of anilines is 3. The van der Waals surface area contributed by atoms with Crippen molar-refractivity contribution in [2.75, 3.05) is 35.9 Å². The largest absolute Gasteiger partial charge is 0.495 e. The van der Waals surface area contributed by atoms with Gasteiger partial charge in [-0.1, -0.05) is 12.1 Å². The molecule has 0 radical (unpaired) electrons. The molecule has 2 aromatic rings. The summed E-state index contributed by atoms with van der Waals surface area (Å²) in [6, 6.07) is 9.23. The van der Waals surface area contributed by atoms with Crippen molar-refractivity contribution in [1.82, 2.24) is 9.97 Å². The average Bonchev–Trinajstić information content (AvgIpc) is 2.95. The zero-order valence-corrected chi connectivity index (χ0v) is 14.5. The van der Waals surface area contributed by atoms with Gasteiger partial charge in [0.15, 0.2) is 9.84 Å². The number of sulfone groups is 1. The third kappa shape index (κ3) is 3.59. The first-order chi connectivity index (χ1) is 11.5. The lowest BCUT2D eigenvalue weighted by Gasteiger charge is -2.24. The standard InChI is InChI=1S/C16H20N4O3S/c1-20(12-8-10-24(21,22)11-12)15-7-9-17-16(19-15)18-13-5-3-4-6-14(13)23-2/h3-7,9,12H,8,10-11H2,1-2H3,(H,17,18,19). The Balaban J connectivity index is 1.79. The lowest BCUT2D eigenvalue weighted by Crippen LogP contribution is -2.33. The highest BCUT2D eigenvalue weighted by Crippen LogP contribution is 2.27. The molecule has 2 heterocycles. The van der Waals surface area contributed by atoms with Crippen LogP contribution in [0.15, 0.2) is 36.5 Å². The summed E-state index contributed by atoms with van der Waals surface area (Å²) in [6.45, 7) is 0. The molecule has 1 aliphatic heterocycles. The van der Waals surface area contributed by atoms with Gasteiger partial charge in [-0.15, -0.1) is 0 Å². The number of nitrogens with one attached hydrogen (secondary N) is 1. The Morgan fingerprint density at radius 1 is 1.29 bits per heavy atom. The number of methoxy groups -OCH3 is 1. The fourth-order valence-electron chi connectivity index (χ4n) is 2.74. The van der Waals surface area contributed by atoms with Gasteiger partial charge in [0.1, 0.15) is 11.6 Å². The van der Waals surface area contributed by atoms with Gasteiger partial charge in [0.05, 0.1) is 24.3 Å². The summed E-state index contributed by atoms with van der Waals surface area (Å²) in [5, 5.41) is 3.13. The fourth-order valence-corrected chi connectivity index (χ4v) is 4.52. The van der Waals surface area contributed by atoms with Crippen molar-refractivity contribution in [2.45, 2.75) is 12.5 Å². The predicted molar refractivity (Wildman–Crippen MR) is 93.8 cm³/mol. The van der Waals surface area contributed by atoms with Crippen LogP contribution in [0.5, 0.6) is 5.75 Å². The highest BCUT2D eigenvalue weighted by Gasteiger charge is 2.31. The van der Waals surface area contributed by atoms with Gasteiger partial charge in [0.2, 0.25) is 5.95 Å². The Kier molecular flexibility index (Phi) is 4.57. The van der Waals surface area contributed by atoms with E-state index in [-0.39, 0.29) is 17.5 Å².